The van der Waals surface area contributed by atoms with Crippen molar-refractivity contribution in [2.24, 2.45) is 0 Å². The van der Waals surface area contributed by atoms with E-state index in [1.165, 1.54) is 30.4 Å². The van der Waals surface area contributed by atoms with Crippen molar-refractivity contribution >= 4 is 34.5 Å². The minimum absolute atomic E-state index is 0.144. The van der Waals surface area contributed by atoms with Crippen LogP contribution in [0.4, 0.5) is 15.8 Å². The average molecular weight is 369 g/mol. The number of thiazole rings is 1. The van der Waals surface area contributed by atoms with Crippen LogP contribution in [-0.2, 0) is 16.0 Å². The highest BCUT2D eigenvalue weighted by atomic mass is 32.1. The van der Waals surface area contributed by atoms with E-state index in [2.05, 4.69) is 15.6 Å². The molecule has 0 spiro atoms. The monoisotopic (exact) mass is 369 g/mol. The van der Waals surface area contributed by atoms with Crippen molar-refractivity contribution in [3.63, 3.8) is 0 Å². The van der Waals surface area contributed by atoms with Crippen molar-refractivity contribution in [3.8, 4) is 10.6 Å². The number of benzene rings is 2. The van der Waals surface area contributed by atoms with Gasteiger partial charge in [0.15, 0.2) is 0 Å². The van der Waals surface area contributed by atoms with Crippen molar-refractivity contribution in [1.82, 2.24) is 4.98 Å². The van der Waals surface area contributed by atoms with Gasteiger partial charge in [-0.3, -0.25) is 9.59 Å². The quantitative estimate of drug-likeness (QED) is 0.712. The maximum atomic E-state index is 13.0. The van der Waals surface area contributed by atoms with Gasteiger partial charge in [0.2, 0.25) is 11.8 Å². The highest BCUT2D eigenvalue weighted by Gasteiger charge is 2.10. The normalized spacial score (nSPS) is 10.4. The van der Waals surface area contributed by atoms with Crippen molar-refractivity contribution in [3.05, 3.63) is 65.4 Å². The number of anilines is 2. The van der Waals surface area contributed by atoms with Crippen molar-refractivity contribution < 1.29 is 14.0 Å². The standard InChI is InChI=1S/C19H16FN3O2S/c1-12(24)21-15-6-8-16(9-7-15)22-18(25)10-17-11-26-19(23-17)13-2-4-14(20)5-3-13/h2-9,11H,10H2,1H3,(H,21,24)(H,22,25). The van der Waals surface area contributed by atoms with E-state index < -0.39 is 0 Å². The van der Waals surface area contributed by atoms with E-state index in [-0.39, 0.29) is 24.1 Å². The first-order valence-electron chi connectivity index (χ1n) is 7.87. The highest BCUT2D eigenvalue weighted by molar-refractivity contribution is 7.13. The number of aromatic nitrogens is 1. The third-order valence-electron chi connectivity index (χ3n) is 3.47. The van der Waals surface area contributed by atoms with Crippen LogP contribution < -0.4 is 10.6 Å². The smallest absolute Gasteiger partial charge is 0.230 e. The first kappa shape index (κ1) is 17.8. The van der Waals surface area contributed by atoms with E-state index in [1.54, 1.807) is 36.4 Å². The molecule has 0 atom stereocenters. The molecule has 0 unspecified atom stereocenters. The minimum atomic E-state index is -0.297. The molecule has 2 amide bonds. The zero-order valence-electron chi connectivity index (χ0n) is 14.0. The van der Waals surface area contributed by atoms with Gasteiger partial charge in [-0.2, -0.15) is 0 Å². The lowest BCUT2D eigenvalue weighted by Gasteiger charge is -2.06. The average Bonchev–Trinajstić information content (AvgIpc) is 3.05. The molecule has 5 nitrogen and oxygen atoms in total. The predicted octanol–water partition coefficient (Wildman–Crippen LogP) is 4.09. The summed E-state index contributed by atoms with van der Waals surface area (Å²) in [5.74, 6) is -0.634. The molecule has 0 fully saturated rings. The van der Waals surface area contributed by atoms with Crippen LogP contribution in [0.5, 0.6) is 0 Å². The second-order valence-electron chi connectivity index (χ2n) is 5.63. The Morgan fingerprint density at radius 1 is 1.00 bits per heavy atom. The van der Waals surface area contributed by atoms with E-state index in [0.717, 1.165) is 10.6 Å². The fourth-order valence-corrected chi connectivity index (χ4v) is 3.15. The summed E-state index contributed by atoms with van der Waals surface area (Å²) in [7, 11) is 0. The number of hydrogen-bond acceptors (Lipinski definition) is 4. The van der Waals surface area contributed by atoms with Crippen LogP contribution in [0.3, 0.4) is 0 Å². The summed E-state index contributed by atoms with van der Waals surface area (Å²) in [6, 6.07) is 13.0. The molecule has 0 aliphatic heterocycles. The number of hydrogen-bond donors (Lipinski definition) is 2. The van der Waals surface area contributed by atoms with Gasteiger partial charge in [0, 0.05) is 29.2 Å². The second-order valence-corrected chi connectivity index (χ2v) is 6.49. The molecule has 2 N–H and O–H groups in total. The molecule has 0 aliphatic rings. The number of carbonyl (C=O) groups excluding carboxylic acids is 2. The Kier molecular flexibility index (Phi) is 5.38. The summed E-state index contributed by atoms with van der Waals surface area (Å²) < 4.78 is 13.0. The Bertz CT molecular complexity index is 921. The fraction of sp³-hybridized carbons (Fsp3) is 0.105. The van der Waals surface area contributed by atoms with E-state index in [0.29, 0.717) is 17.1 Å². The molecule has 132 valence electrons. The Labute approximate surface area is 153 Å². The Morgan fingerprint density at radius 3 is 2.23 bits per heavy atom. The third kappa shape index (κ3) is 4.73. The molecule has 3 rings (SSSR count). The van der Waals surface area contributed by atoms with Crippen LogP contribution in [0.1, 0.15) is 12.6 Å². The molecule has 0 bridgehead atoms. The van der Waals surface area contributed by atoms with Gasteiger partial charge in [-0.15, -0.1) is 11.3 Å². The van der Waals surface area contributed by atoms with Gasteiger partial charge in [-0.25, -0.2) is 9.37 Å². The summed E-state index contributed by atoms with van der Waals surface area (Å²) >= 11 is 1.41. The molecule has 1 heterocycles. The minimum Gasteiger partial charge on any atom is -0.326 e. The Balaban J connectivity index is 1.60. The molecule has 0 aliphatic carbocycles. The van der Waals surface area contributed by atoms with Gasteiger partial charge >= 0.3 is 0 Å². The van der Waals surface area contributed by atoms with E-state index in [1.807, 2.05) is 5.38 Å². The number of halogens is 1. The molecular weight excluding hydrogens is 353 g/mol. The van der Waals surface area contributed by atoms with Gasteiger partial charge in [0.1, 0.15) is 10.8 Å². The largest absolute Gasteiger partial charge is 0.326 e. The molecule has 2 aromatic carbocycles. The maximum Gasteiger partial charge on any atom is 0.230 e. The topological polar surface area (TPSA) is 71.1 Å². The first-order chi connectivity index (χ1) is 12.5. The third-order valence-corrected chi connectivity index (χ3v) is 4.41. The van der Waals surface area contributed by atoms with Gasteiger partial charge in [-0.1, -0.05) is 0 Å². The molecule has 3 aromatic rings. The number of nitrogens with zero attached hydrogens (tertiary/aromatic N) is 1. The van der Waals surface area contributed by atoms with Crippen LogP contribution in [0.15, 0.2) is 53.9 Å². The maximum absolute atomic E-state index is 13.0. The molecule has 0 radical (unpaired) electrons. The lowest BCUT2D eigenvalue weighted by atomic mass is 10.2. The summed E-state index contributed by atoms with van der Waals surface area (Å²) in [6.45, 7) is 1.43. The van der Waals surface area contributed by atoms with Gasteiger partial charge in [-0.05, 0) is 48.5 Å². The number of rotatable bonds is 5. The zero-order chi connectivity index (χ0) is 18.5. The highest BCUT2D eigenvalue weighted by Crippen LogP contribution is 2.24. The lowest BCUT2D eigenvalue weighted by Crippen LogP contribution is -2.14. The zero-order valence-corrected chi connectivity index (χ0v) is 14.8. The summed E-state index contributed by atoms with van der Waals surface area (Å²) in [5.41, 5.74) is 2.77. The van der Waals surface area contributed by atoms with Gasteiger partial charge < -0.3 is 10.6 Å². The Hall–Kier alpha value is -3.06. The summed E-state index contributed by atoms with van der Waals surface area (Å²) in [5, 5.41) is 8.01. The van der Waals surface area contributed by atoms with Crippen molar-refractivity contribution in [1.29, 1.82) is 0 Å². The van der Waals surface area contributed by atoms with Crippen LogP contribution in [0.25, 0.3) is 10.6 Å². The van der Waals surface area contributed by atoms with E-state index >= 15 is 0 Å². The number of amides is 2. The number of carbonyl (C=O) groups is 2. The summed E-state index contributed by atoms with van der Waals surface area (Å²) in [6.07, 6.45) is 0.144. The van der Waals surface area contributed by atoms with Crippen molar-refractivity contribution in [2.45, 2.75) is 13.3 Å². The SMILES string of the molecule is CC(=O)Nc1ccc(NC(=O)Cc2csc(-c3ccc(F)cc3)n2)cc1. The van der Waals surface area contributed by atoms with Crippen LogP contribution in [-0.4, -0.2) is 16.8 Å². The van der Waals surface area contributed by atoms with Crippen LogP contribution in [0, 0.1) is 5.82 Å². The molecule has 0 saturated heterocycles. The van der Waals surface area contributed by atoms with Gasteiger partial charge in [0.25, 0.3) is 0 Å². The molecule has 0 saturated carbocycles. The van der Waals surface area contributed by atoms with Crippen LogP contribution in [0.2, 0.25) is 0 Å². The summed E-state index contributed by atoms with van der Waals surface area (Å²) in [4.78, 5) is 27.6. The second kappa shape index (κ2) is 7.88. The Morgan fingerprint density at radius 2 is 1.62 bits per heavy atom. The number of nitrogens with one attached hydrogen (secondary N) is 2. The van der Waals surface area contributed by atoms with Crippen LogP contribution >= 0.6 is 11.3 Å². The van der Waals surface area contributed by atoms with Gasteiger partial charge in [0.05, 0.1) is 12.1 Å². The van der Waals surface area contributed by atoms with Crippen molar-refractivity contribution in [2.75, 3.05) is 10.6 Å². The van der Waals surface area contributed by atoms with E-state index in [4.69, 9.17) is 0 Å². The first-order valence-corrected chi connectivity index (χ1v) is 8.75. The predicted molar refractivity (Wildman–Crippen MR) is 101 cm³/mol. The fourth-order valence-electron chi connectivity index (χ4n) is 2.32. The molecule has 26 heavy (non-hydrogen) atoms. The molecular formula is C19H16FN3O2S. The van der Waals surface area contributed by atoms with E-state index in [9.17, 15) is 14.0 Å². The molecule has 1 aromatic heterocycles. The lowest BCUT2D eigenvalue weighted by molar-refractivity contribution is -0.116. The molecule has 7 heteroatoms.